The van der Waals surface area contributed by atoms with E-state index in [-0.39, 0.29) is 18.5 Å². The van der Waals surface area contributed by atoms with Gasteiger partial charge in [0.15, 0.2) is 0 Å². The Hall–Kier alpha value is -2.90. The molecule has 1 aliphatic heterocycles. The lowest BCUT2D eigenvalue weighted by atomic mass is 9.97. The van der Waals surface area contributed by atoms with Crippen LogP contribution >= 0.6 is 0 Å². The number of esters is 2. The largest absolute Gasteiger partial charge is 0.466 e. The number of amides is 2. The van der Waals surface area contributed by atoms with Crippen molar-refractivity contribution in [1.29, 1.82) is 0 Å². The van der Waals surface area contributed by atoms with Crippen LogP contribution in [0.4, 0.5) is 5.69 Å². The van der Waals surface area contributed by atoms with Gasteiger partial charge in [-0.2, -0.15) is 0 Å². The summed E-state index contributed by atoms with van der Waals surface area (Å²) in [6.07, 6.45) is 0.957. The summed E-state index contributed by atoms with van der Waals surface area (Å²) in [7, 11) is 0. The average Bonchev–Trinajstić information content (AvgIpc) is 2.68. The van der Waals surface area contributed by atoms with Gasteiger partial charge in [0.05, 0.1) is 24.7 Å². The van der Waals surface area contributed by atoms with Crippen LogP contribution in [-0.2, 0) is 23.9 Å². The van der Waals surface area contributed by atoms with Crippen LogP contribution in [0.5, 0.6) is 0 Å². The van der Waals surface area contributed by atoms with Gasteiger partial charge in [0.1, 0.15) is 0 Å². The topological polar surface area (TPSA) is 102 Å². The molecular formula is C19H24N2O6. The average molecular weight is 376 g/mol. The van der Waals surface area contributed by atoms with E-state index in [4.69, 9.17) is 9.47 Å². The lowest BCUT2D eigenvalue weighted by Crippen LogP contribution is -2.45. The highest BCUT2D eigenvalue weighted by molar-refractivity contribution is 6.39. The molecule has 146 valence electrons. The van der Waals surface area contributed by atoms with Crippen molar-refractivity contribution in [1.82, 2.24) is 4.90 Å². The van der Waals surface area contributed by atoms with Crippen molar-refractivity contribution in [3.8, 4) is 0 Å². The molecule has 1 aromatic carbocycles. The summed E-state index contributed by atoms with van der Waals surface area (Å²) in [4.78, 5) is 49.2. The van der Waals surface area contributed by atoms with Crippen LogP contribution in [0.1, 0.15) is 37.0 Å². The number of carbonyl (C=O) groups is 4. The van der Waals surface area contributed by atoms with E-state index in [2.05, 4.69) is 5.32 Å². The van der Waals surface area contributed by atoms with E-state index in [1.165, 1.54) is 29.2 Å². The first kappa shape index (κ1) is 20.4. The number of nitrogens with one attached hydrogen (secondary N) is 1. The molecule has 0 radical (unpaired) electrons. The number of benzene rings is 1. The zero-order valence-electron chi connectivity index (χ0n) is 15.5. The number of likely N-dealkylation sites (tertiary alicyclic amines) is 1. The first-order chi connectivity index (χ1) is 13.0. The molecule has 0 spiro atoms. The Kier molecular flexibility index (Phi) is 7.34. The third-order valence-corrected chi connectivity index (χ3v) is 4.25. The summed E-state index contributed by atoms with van der Waals surface area (Å²) >= 11 is 0. The van der Waals surface area contributed by atoms with Crippen molar-refractivity contribution >= 4 is 29.4 Å². The lowest BCUT2D eigenvalue weighted by Gasteiger charge is -2.30. The molecule has 27 heavy (non-hydrogen) atoms. The Balaban J connectivity index is 1.86. The molecule has 1 heterocycles. The van der Waals surface area contributed by atoms with Gasteiger partial charge in [0.2, 0.25) is 0 Å². The number of hydrogen-bond acceptors (Lipinski definition) is 6. The van der Waals surface area contributed by atoms with Crippen molar-refractivity contribution < 1.29 is 28.7 Å². The number of ether oxygens (including phenoxy) is 2. The third-order valence-electron chi connectivity index (χ3n) is 4.25. The zero-order chi connectivity index (χ0) is 19.8. The summed E-state index contributed by atoms with van der Waals surface area (Å²) in [5.41, 5.74) is 0.769. The number of hydrogen-bond donors (Lipinski definition) is 1. The number of anilines is 1. The zero-order valence-corrected chi connectivity index (χ0v) is 15.5. The highest BCUT2D eigenvalue weighted by Crippen LogP contribution is 2.19. The summed E-state index contributed by atoms with van der Waals surface area (Å²) in [6, 6.07) is 6.10. The second kappa shape index (κ2) is 9.70. The minimum atomic E-state index is -0.756. The number of carbonyl (C=O) groups excluding carboxylic acids is 4. The maximum absolute atomic E-state index is 12.3. The molecule has 1 fully saturated rings. The smallest absolute Gasteiger partial charge is 0.338 e. The second-order valence-electron chi connectivity index (χ2n) is 6.07. The third kappa shape index (κ3) is 5.54. The summed E-state index contributed by atoms with van der Waals surface area (Å²) in [6.45, 7) is 4.73. The van der Waals surface area contributed by atoms with Crippen molar-refractivity contribution in [2.45, 2.75) is 26.7 Å². The van der Waals surface area contributed by atoms with E-state index >= 15 is 0 Å². The van der Waals surface area contributed by atoms with Gasteiger partial charge >= 0.3 is 23.8 Å². The van der Waals surface area contributed by atoms with E-state index < -0.39 is 17.8 Å². The molecule has 1 saturated heterocycles. The molecule has 1 aliphatic rings. The van der Waals surface area contributed by atoms with Crippen molar-refractivity contribution in [3.05, 3.63) is 29.8 Å². The molecule has 1 aromatic rings. The van der Waals surface area contributed by atoms with Crippen LogP contribution in [0.2, 0.25) is 0 Å². The summed E-state index contributed by atoms with van der Waals surface area (Å²) in [5.74, 6) is -2.33. The molecule has 0 atom stereocenters. The first-order valence-electron chi connectivity index (χ1n) is 9.00. The Labute approximate surface area is 157 Å². The molecule has 0 unspecified atom stereocenters. The predicted molar refractivity (Wildman–Crippen MR) is 97.0 cm³/mol. The maximum Gasteiger partial charge on any atom is 0.338 e. The van der Waals surface area contributed by atoms with Crippen LogP contribution in [0.15, 0.2) is 24.3 Å². The minimum Gasteiger partial charge on any atom is -0.466 e. The molecule has 0 bridgehead atoms. The van der Waals surface area contributed by atoms with Gasteiger partial charge in [0, 0.05) is 18.8 Å². The summed E-state index contributed by atoms with van der Waals surface area (Å²) < 4.78 is 9.88. The van der Waals surface area contributed by atoms with Crippen molar-refractivity contribution in [3.63, 3.8) is 0 Å². The van der Waals surface area contributed by atoms with Gasteiger partial charge in [-0.15, -0.1) is 0 Å². The fourth-order valence-electron chi connectivity index (χ4n) is 2.81. The highest BCUT2D eigenvalue weighted by atomic mass is 16.5. The Morgan fingerprint density at radius 1 is 1.00 bits per heavy atom. The standard InChI is InChI=1S/C19H24N2O6/c1-3-26-18(24)13-5-7-15(8-6-13)20-16(22)17(23)21-11-9-14(10-12-21)19(25)27-4-2/h5-8,14H,3-4,9-12H2,1-2H3,(H,20,22). The van der Waals surface area contributed by atoms with Gasteiger partial charge in [0.25, 0.3) is 0 Å². The SMILES string of the molecule is CCOC(=O)c1ccc(NC(=O)C(=O)N2CCC(C(=O)OCC)CC2)cc1. The van der Waals surface area contributed by atoms with Crippen molar-refractivity contribution in [2.24, 2.45) is 5.92 Å². The van der Waals surface area contributed by atoms with E-state index in [1.807, 2.05) is 0 Å². The van der Waals surface area contributed by atoms with Crippen molar-refractivity contribution in [2.75, 3.05) is 31.6 Å². The van der Waals surface area contributed by atoms with Gasteiger partial charge < -0.3 is 19.7 Å². The molecular weight excluding hydrogens is 352 g/mol. The monoisotopic (exact) mass is 376 g/mol. The molecule has 1 N–H and O–H groups in total. The van der Waals surface area contributed by atoms with E-state index in [0.717, 1.165) is 0 Å². The molecule has 2 rings (SSSR count). The van der Waals surface area contributed by atoms with Gasteiger partial charge in [-0.1, -0.05) is 0 Å². The Bertz CT molecular complexity index is 693. The van der Waals surface area contributed by atoms with Crippen LogP contribution < -0.4 is 5.32 Å². The van der Waals surface area contributed by atoms with E-state index in [9.17, 15) is 19.2 Å². The number of rotatable bonds is 5. The summed E-state index contributed by atoms with van der Waals surface area (Å²) in [5, 5.41) is 2.52. The Morgan fingerprint density at radius 3 is 2.15 bits per heavy atom. The normalized spacial score (nSPS) is 14.4. The van der Waals surface area contributed by atoms with Crippen LogP contribution in [0.3, 0.4) is 0 Å². The van der Waals surface area contributed by atoms with Crippen LogP contribution in [0, 0.1) is 5.92 Å². The molecule has 8 nitrogen and oxygen atoms in total. The molecule has 8 heteroatoms. The van der Waals surface area contributed by atoms with E-state index in [1.54, 1.807) is 13.8 Å². The fourth-order valence-corrected chi connectivity index (χ4v) is 2.81. The van der Waals surface area contributed by atoms with Gasteiger partial charge in [-0.25, -0.2) is 4.79 Å². The van der Waals surface area contributed by atoms with Crippen LogP contribution in [-0.4, -0.2) is 55.0 Å². The fraction of sp³-hybridized carbons (Fsp3) is 0.474. The first-order valence-corrected chi connectivity index (χ1v) is 9.00. The number of piperidine rings is 1. The molecule has 0 aliphatic carbocycles. The minimum absolute atomic E-state index is 0.229. The molecule has 0 aromatic heterocycles. The van der Waals surface area contributed by atoms with E-state index in [0.29, 0.717) is 43.8 Å². The van der Waals surface area contributed by atoms with Gasteiger partial charge in [-0.05, 0) is 51.0 Å². The van der Waals surface area contributed by atoms with Gasteiger partial charge in [-0.3, -0.25) is 14.4 Å². The number of nitrogens with zero attached hydrogens (tertiary/aromatic N) is 1. The quantitative estimate of drug-likeness (QED) is 0.619. The molecule has 0 saturated carbocycles. The maximum atomic E-state index is 12.3. The lowest BCUT2D eigenvalue weighted by molar-refractivity contribution is -0.152. The molecule has 2 amide bonds. The predicted octanol–water partition coefficient (Wildman–Crippen LogP) is 1.60. The second-order valence-corrected chi connectivity index (χ2v) is 6.07. The Morgan fingerprint density at radius 2 is 1.59 bits per heavy atom. The van der Waals surface area contributed by atoms with Crippen LogP contribution in [0.25, 0.3) is 0 Å². The highest BCUT2D eigenvalue weighted by Gasteiger charge is 2.30.